The first-order valence-corrected chi connectivity index (χ1v) is 7.99. The van der Waals surface area contributed by atoms with Crippen LogP contribution in [-0.4, -0.2) is 15.6 Å². The van der Waals surface area contributed by atoms with E-state index in [2.05, 4.69) is 15.6 Å². The van der Waals surface area contributed by atoms with Crippen LogP contribution in [0.1, 0.15) is 5.56 Å². The average Bonchev–Trinajstić information content (AvgIpc) is 2.61. The molecule has 2 amide bonds. The predicted octanol–water partition coefficient (Wildman–Crippen LogP) is 3.98. The lowest BCUT2D eigenvalue weighted by Gasteiger charge is -2.10. The number of benzene rings is 2. The maximum absolute atomic E-state index is 12.9. The summed E-state index contributed by atoms with van der Waals surface area (Å²) in [5, 5.41) is 5.41. The minimum atomic E-state index is -0.666. The molecular formula is C18H14ClFN4O2. The number of rotatable bonds is 3. The van der Waals surface area contributed by atoms with Gasteiger partial charge in [0.1, 0.15) is 5.82 Å². The van der Waals surface area contributed by atoms with Crippen molar-refractivity contribution in [3.05, 3.63) is 81.6 Å². The first-order valence-electron chi connectivity index (χ1n) is 7.62. The zero-order chi connectivity index (χ0) is 18.7. The summed E-state index contributed by atoms with van der Waals surface area (Å²) >= 11 is 6.10. The number of hydrogen-bond acceptors (Lipinski definition) is 3. The smallest absolute Gasteiger partial charge is 0.308 e. The van der Waals surface area contributed by atoms with E-state index in [4.69, 9.17) is 11.6 Å². The van der Waals surface area contributed by atoms with Crippen LogP contribution >= 0.6 is 11.6 Å². The number of aryl methyl sites for hydroxylation is 1. The zero-order valence-electron chi connectivity index (χ0n) is 13.7. The summed E-state index contributed by atoms with van der Waals surface area (Å²) in [6, 6.07) is 9.75. The molecule has 0 radical (unpaired) electrons. The molecular weight excluding hydrogens is 359 g/mol. The Kier molecular flexibility index (Phi) is 4.99. The van der Waals surface area contributed by atoms with E-state index in [1.54, 1.807) is 18.2 Å². The minimum Gasteiger partial charge on any atom is -0.308 e. The Morgan fingerprint density at radius 2 is 1.88 bits per heavy atom. The second-order valence-electron chi connectivity index (χ2n) is 5.47. The summed E-state index contributed by atoms with van der Waals surface area (Å²) in [5.74, 6) is -0.566. The molecule has 0 bridgehead atoms. The Morgan fingerprint density at radius 3 is 2.58 bits per heavy atom. The summed E-state index contributed by atoms with van der Waals surface area (Å²) in [6.45, 7) is 1.86. The van der Waals surface area contributed by atoms with Crippen molar-refractivity contribution in [3.63, 3.8) is 0 Å². The molecule has 132 valence electrons. The van der Waals surface area contributed by atoms with Crippen LogP contribution in [0.5, 0.6) is 0 Å². The molecule has 0 aliphatic rings. The number of carbonyl (C=O) groups excluding carboxylic acids is 1. The summed E-state index contributed by atoms with van der Waals surface area (Å²) in [4.78, 5) is 28.5. The van der Waals surface area contributed by atoms with Crippen LogP contribution in [0.3, 0.4) is 0 Å². The van der Waals surface area contributed by atoms with Crippen LogP contribution in [0.2, 0.25) is 5.02 Å². The van der Waals surface area contributed by atoms with Gasteiger partial charge in [0.15, 0.2) is 0 Å². The second-order valence-corrected chi connectivity index (χ2v) is 5.88. The first kappa shape index (κ1) is 17.6. The topological polar surface area (TPSA) is 76.0 Å². The number of carbonyl (C=O) groups is 1. The van der Waals surface area contributed by atoms with Crippen LogP contribution in [0.15, 0.2) is 59.7 Å². The number of nitrogens with one attached hydrogen (secondary N) is 2. The van der Waals surface area contributed by atoms with E-state index in [1.807, 2.05) is 6.92 Å². The van der Waals surface area contributed by atoms with E-state index in [0.29, 0.717) is 16.4 Å². The van der Waals surface area contributed by atoms with Crippen molar-refractivity contribution in [3.8, 4) is 5.69 Å². The SMILES string of the molecule is Cc1ccc(-n2ccnc(NC(=O)Nc3ccc(F)cc3)c2=O)cc1Cl. The summed E-state index contributed by atoms with van der Waals surface area (Å²) in [6.07, 6.45) is 2.87. The molecule has 0 saturated heterocycles. The third-order valence-corrected chi connectivity index (χ3v) is 4.02. The van der Waals surface area contributed by atoms with Gasteiger partial charge in [-0.1, -0.05) is 17.7 Å². The Morgan fingerprint density at radius 1 is 1.15 bits per heavy atom. The number of aromatic nitrogens is 2. The highest BCUT2D eigenvalue weighted by Gasteiger charge is 2.11. The van der Waals surface area contributed by atoms with Crippen LogP contribution in [-0.2, 0) is 0 Å². The standard InChI is InChI=1S/C18H14ClFN4O2/c1-11-2-7-14(10-15(11)19)24-9-8-21-16(17(24)25)23-18(26)22-13-5-3-12(20)4-6-13/h2-10H,1H3,(H2,21,22,23,26). The molecule has 0 atom stereocenters. The second kappa shape index (κ2) is 7.37. The third-order valence-electron chi connectivity index (χ3n) is 3.61. The molecule has 3 rings (SSSR count). The molecule has 0 aliphatic heterocycles. The van der Waals surface area contributed by atoms with Gasteiger partial charge in [0.25, 0.3) is 5.56 Å². The molecule has 6 nitrogen and oxygen atoms in total. The molecule has 2 aromatic carbocycles. The summed E-state index contributed by atoms with van der Waals surface area (Å²) < 4.78 is 14.2. The maximum atomic E-state index is 12.9. The zero-order valence-corrected chi connectivity index (χ0v) is 14.4. The van der Waals surface area contributed by atoms with Crippen LogP contribution in [0, 0.1) is 12.7 Å². The highest BCUT2D eigenvalue weighted by Crippen LogP contribution is 2.18. The largest absolute Gasteiger partial charge is 0.325 e. The molecule has 0 unspecified atom stereocenters. The van der Waals surface area contributed by atoms with Crippen LogP contribution in [0.25, 0.3) is 5.69 Å². The van der Waals surface area contributed by atoms with Gasteiger partial charge in [-0.15, -0.1) is 0 Å². The molecule has 8 heteroatoms. The van der Waals surface area contributed by atoms with Crippen molar-refractivity contribution in [2.24, 2.45) is 0 Å². The Bertz CT molecular complexity index is 1020. The Hall–Kier alpha value is -3.19. The molecule has 0 spiro atoms. The fraction of sp³-hybridized carbons (Fsp3) is 0.0556. The summed E-state index contributed by atoms with van der Waals surface area (Å²) in [7, 11) is 0. The van der Waals surface area contributed by atoms with Crippen LogP contribution < -0.4 is 16.2 Å². The van der Waals surface area contributed by atoms with Crippen molar-refractivity contribution in [2.45, 2.75) is 6.92 Å². The van der Waals surface area contributed by atoms with E-state index in [0.717, 1.165) is 5.56 Å². The lowest BCUT2D eigenvalue weighted by molar-refractivity contribution is 0.262. The predicted molar refractivity (Wildman–Crippen MR) is 98.6 cm³/mol. The first-order chi connectivity index (χ1) is 12.4. The fourth-order valence-corrected chi connectivity index (χ4v) is 2.41. The molecule has 0 saturated carbocycles. The van der Waals surface area contributed by atoms with Gasteiger partial charge >= 0.3 is 6.03 Å². The molecule has 2 N–H and O–H groups in total. The van der Waals surface area contributed by atoms with Crippen molar-refractivity contribution in [2.75, 3.05) is 10.6 Å². The molecule has 3 aromatic rings. The van der Waals surface area contributed by atoms with Gasteiger partial charge in [-0.3, -0.25) is 14.7 Å². The number of hydrogen-bond donors (Lipinski definition) is 2. The van der Waals surface area contributed by atoms with Crippen molar-refractivity contribution < 1.29 is 9.18 Å². The van der Waals surface area contributed by atoms with Crippen molar-refractivity contribution in [1.29, 1.82) is 0 Å². The van der Waals surface area contributed by atoms with Gasteiger partial charge in [0, 0.05) is 23.1 Å². The molecule has 26 heavy (non-hydrogen) atoms. The lowest BCUT2D eigenvalue weighted by Crippen LogP contribution is -2.28. The van der Waals surface area contributed by atoms with Gasteiger partial charge in [0.05, 0.1) is 5.69 Å². The quantitative estimate of drug-likeness (QED) is 0.730. The number of urea groups is 1. The summed E-state index contributed by atoms with van der Waals surface area (Å²) in [5.41, 5.74) is 1.30. The minimum absolute atomic E-state index is 0.149. The van der Waals surface area contributed by atoms with Gasteiger partial charge < -0.3 is 5.32 Å². The van der Waals surface area contributed by atoms with Gasteiger partial charge in [0.2, 0.25) is 5.82 Å². The molecule has 0 fully saturated rings. The molecule has 1 aromatic heterocycles. The number of halogens is 2. The molecule has 0 aliphatic carbocycles. The average molecular weight is 373 g/mol. The van der Waals surface area contributed by atoms with Gasteiger partial charge in [-0.25, -0.2) is 14.2 Å². The third kappa shape index (κ3) is 3.89. The van der Waals surface area contributed by atoms with Crippen molar-refractivity contribution in [1.82, 2.24) is 9.55 Å². The lowest BCUT2D eigenvalue weighted by atomic mass is 10.2. The maximum Gasteiger partial charge on any atom is 0.325 e. The highest BCUT2D eigenvalue weighted by molar-refractivity contribution is 6.31. The van der Waals surface area contributed by atoms with Crippen LogP contribution in [0.4, 0.5) is 20.7 Å². The number of anilines is 2. The van der Waals surface area contributed by atoms with E-state index < -0.39 is 17.4 Å². The van der Waals surface area contributed by atoms with Gasteiger partial charge in [-0.05, 0) is 48.9 Å². The van der Waals surface area contributed by atoms with E-state index in [9.17, 15) is 14.0 Å². The Balaban J connectivity index is 1.82. The Labute approximate surface area is 153 Å². The van der Waals surface area contributed by atoms with E-state index in [-0.39, 0.29) is 5.82 Å². The van der Waals surface area contributed by atoms with E-state index in [1.165, 1.54) is 41.2 Å². The number of nitrogens with zero attached hydrogens (tertiary/aromatic N) is 2. The monoisotopic (exact) mass is 372 g/mol. The fourth-order valence-electron chi connectivity index (χ4n) is 2.24. The highest BCUT2D eigenvalue weighted by atomic mass is 35.5. The normalized spacial score (nSPS) is 10.4. The van der Waals surface area contributed by atoms with Crippen molar-refractivity contribution >= 4 is 29.1 Å². The van der Waals surface area contributed by atoms with E-state index >= 15 is 0 Å². The van der Waals surface area contributed by atoms with Gasteiger partial charge in [-0.2, -0.15) is 0 Å². The number of amides is 2. The molecule has 1 heterocycles.